The van der Waals surface area contributed by atoms with Crippen LogP contribution in [0.2, 0.25) is 0 Å². The predicted molar refractivity (Wildman–Crippen MR) is 81.2 cm³/mol. The largest absolute Gasteiger partial charge is 0.470 e. The van der Waals surface area contributed by atoms with Gasteiger partial charge >= 0.3 is 12.1 Å². The topological polar surface area (TPSA) is 90.7 Å². The Morgan fingerprint density at radius 1 is 1.12 bits per heavy atom. The minimum atomic E-state index is -4.77. The molecule has 2 N–H and O–H groups in total. The molecule has 0 bridgehead atoms. The maximum atomic E-state index is 14.3. The molecule has 6 nitrogen and oxygen atoms in total. The van der Waals surface area contributed by atoms with E-state index in [9.17, 15) is 17.6 Å². The SMILES string of the molecule is Nc1ncc(-c2nnc(C(F)(F)F)o2)c(C2(c3ccccc3F)CC2)n1. The maximum absolute atomic E-state index is 14.3. The lowest BCUT2D eigenvalue weighted by Crippen LogP contribution is -2.16. The van der Waals surface area contributed by atoms with Gasteiger partial charge in [-0.15, -0.1) is 10.2 Å². The summed E-state index contributed by atoms with van der Waals surface area (Å²) >= 11 is 0. The van der Waals surface area contributed by atoms with Crippen LogP contribution in [0.15, 0.2) is 34.9 Å². The Balaban J connectivity index is 1.87. The summed E-state index contributed by atoms with van der Waals surface area (Å²) in [6.45, 7) is 0. The molecular weight excluding hydrogens is 354 g/mol. The van der Waals surface area contributed by atoms with Gasteiger partial charge in [0.05, 0.1) is 11.3 Å². The van der Waals surface area contributed by atoms with Crippen molar-refractivity contribution in [3.8, 4) is 11.5 Å². The van der Waals surface area contributed by atoms with Crippen molar-refractivity contribution in [3.05, 3.63) is 53.4 Å². The van der Waals surface area contributed by atoms with Crippen molar-refractivity contribution in [2.75, 3.05) is 5.73 Å². The molecule has 1 saturated carbocycles. The minimum Gasteiger partial charge on any atom is -0.413 e. The van der Waals surface area contributed by atoms with Crippen LogP contribution in [0.1, 0.15) is 30.0 Å². The number of hydrogen-bond acceptors (Lipinski definition) is 6. The quantitative estimate of drug-likeness (QED) is 0.716. The molecule has 2 aromatic heterocycles. The number of aromatic nitrogens is 4. The van der Waals surface area contributed by atoms with Gasteiger partial charge in [-0.3, -0.25) is 0 Å². The molecule has 0 aliphatic heterocycles. The van der Waals surface area contributed by atoms with Gasteiger partial charge in [0.2, 0.25) is 5.95 Å². The van der Waals surface area contributed by atoms with Crippen LogP contribution < -0.4 is 5.73 Å². The Kier molecular flexibility index (Phi) is 3.46. The molecule has 26 heavy (non-hydrogen) atoms. The highest BCUT2D eigenvalue weighted by Gasteiger charge is 2.51. The van der Waals surface area contributed by atoms with Gasteiger partial charge in [-0.2, -0.15) is 13.2 Å². The molecule has 0 unspecified atom stereocenters. The smallest absolute Gasteiger partial charge is 0.413 e. The van der Waals surface area contributed by atoms with Gasteiger partial charge in [-0.25, -0.2) is 14.4 Å². The van der Waals surface area contributed by atoms with Crippen molar-refractivity contribution in [1.29, 1.82) is 0 Å². The second kappa shape index (κ2) is 5.48. The first kappa shape index (κ1) is 16.4. The van der Waals surface area contributed by atoms with Crippen molar-refractivity contribution in [2.45, 2.75) is 24.4 Å². The molecule has 1 aliphatic carbocycles. The van der Waals surface area contributed by atoms with Crippen LogP contribution in [0.25, 0.3) is 11.5 Å². The lowest BCUT2D eigenvalue weighted by molar-refractivity contribution is -0.156. The summed E-state index contributed by atoms with van der Waals surface area (Å²) in [4.78, 5) is 7.97. The third kappa shape index (κ3) is 2.57. The van der Waals surface area contributed by atoms with E-state index >= 15 is 0 Å². The average molecular weight is 365 g/mol. The summed E-state index contributed by atoms with van der Waals surface area (Å²) < 4.78 is 57.3. The molecule has 0 radical (unpaired) electrons. The number of alkyl halides is 3. The molecule has 2 heterocycles. The summed E-state index contributed by atoms with van der Waals surface area (Å²) in [7, 11) is 0. The zero-order valence-electron chi connectivity index (χ0n) is 13.1. The van der Waals surface area contributed by atoms with Gasteiger partial charge in [-0.05, 0) is 24.5 Å². The number of nitrogens with zero attached hydrogens (tertiary/aromatic N) is 4. The first-order chi connectivity index (χ1) is 12.3. The number of nitrogen functional groups attached to an aromatic ring is 1. The van der Waals surface area contributed by atoms with E-state index in [4.69, 9.17) is 10.2 Å². The Labute approximate surface area is 144 Å². The van der Waals surface area contributed by atoms with Crippen LogP contribution in [0.3, 0.4) is 0 Å². The van der Waals surface area contributed by atoms with E-state index in [0.717, 1.165) is 0 Å². The zero-order valence-corrected chi connectivity index (χ0v) is 13.1. The normalized spacial score (nSPS) is 15.8. The standard InChI is InChI=1S/C16H11F4N5O/c17-10-4-2-1-3-9(10)15(5-6-15)11-8(7-22-14(21)23-11)12-24-25-13(26-12)16(18,19)20/h1-4,7H,5-6H2,(H2,21,22,23). The molecule has 1 aromatic carbocycles. The number of benzene rings is 1. The Hall–Kier alpha value is -3.04. The number of rotatable bonds is 3. The number of nitrogens with two attached hydrogens (primary N) is 1. The second-order valence-electron chi connectivity index (χ2n) is 5.96. The Morgan fingerprint density at radius 3 is 2.46 bits per heavy atom. The lowest BCUT2D eigenvalue weighted by atomic mass is 9.89. The predicted octanol–water partition coefficient (Wildman–Crippen LogP) is 3.35. The monoisotopic (exact) mass is 365 g/mol. The van der Waals surface area contributed by atoms with Crippen LogP contribution in [0, 0.1) is 5.82 Å². The van der Waals surface area contributed by atoms with Gasteiger partial charge in [0.1, 0.15) is 5.82 Å². The van der Waals surface area contributed by atoms with Crippen LogP contribution in [-0.4, -0.2) is 20.2 Å². The molecule has 0 saturated heterocycles. The maximum Gasteiger partial charge on any atom is 0.470 e. The molecular formula is C16H11F4N5O. The summed E-state index contributed by atoms with van der Waals surface area (Å²) in [5.74, 6) is -2.39. The fraction of sp³-hybridized carbons (Fsp3) is 0.250. The van der Waals surface area contributed by atoms with Gasteiger partial charge < -0.3 is 10.2 Å². The van der Waals surface area contributed by atoms with E-state index < -0.39 is 29.2 Å². The van der Waals surface area contributed by atoms with Crippen molar-refractivity contribution < 1.29 is 22.0 Å². The fourth-order valence-corrected chi connectivity index (χ4v) is 2.97. The highest BCUT2D eigenvalue weighted by atomic mass is 19.4. The molecule has 0 spiro atoms. The van der Waals surface area contributed by atoms with E-state index in [1.165, 1.54) is 12.3 Å². The molecule has 0 atom stereocenters. The zero-order chi connectivity index (χ0) is 18.5. The van der Waals surface area contributed by atoms with Crippen molar-refractivity contribution in [3.63, 3.8) is 0 Å². The van der Waals surface area contributed by atoms with Gasteiger partial charge in [-0.1, -0.05) is 18.2 Å². The Morgan fingerprint density at radius 2 is 1.85 bits per heavy atom. The first-order valence-electron chi connectivity index (χ1n) is 7.60. The van der Waals surface area contributed by atoms with Crippen LogP contribution in [-0.2, 0) is 11.6 Å². The second-order valence-corrected chi connectivity index (χ2v) is 5.96. The van der Waals surface area contributed by atoms with E-state index in [2.05, 4.69) is 20.2 Å². The molecule has 10 heteroatoms. The van der Waals surface area contributed by atoms with Crippen LogP contribution in [0.4, 0.5) is 23.5 Å². The van der Waals surface area contributed by atoms with Gasteiger partial charge in [0.15, 0.2) is 0 Å². The van der Waals surface area contributed by atoms with E-state index in [1.807, 2.05) is 0 Å². The van der Waals surface area contributed by atoms with Crippen molar-refractivity contribution in [1.82, 2.24) is 20.2 Å². The number of halogens is 4. The number of hydrogen-bond donors (Lipinski definition) is 1. The first-order valence-corrected chi connectivity index (χ1v) is 7.60. The molecule has 3 aromatic rings. The summed E-state index contributed by atoms with van der Waals surface area (Å²) in [5.41, 5.74) is 5.60. The molecule has 4 rings (SSSR count). The van der Waals surface area contributed by atoms with Crippen molar-refractivity contribution >= 4 is 5.95 Å². The van der Waals surface area contributed by atoms with E-state index in [-0.39, 0.29) is 17.2 Å². The summed E-state index contributed by atoms with van der Waals surface area (Å²) in [6, 6.07) is 6.16. The lowest BCUT2D eigenvalue weighted by Gasteiger charge is -2.18. The van der Waals surface area contributed by atoms with E-state index in [1.54, 1.807) is 18.2 Å². The third-order valence-electron chi connectivity index (χ3n) is 4.30. The Bertz CT molecular complexity index is 981. The van der Waals surface area contributed by atoms with Crippen LogP contribution in [0.5, 0.6) is 0 Å². The van der Waals surface area contributed by atoms with Gasteiger partial charge in [0.25, 0.3) is 5.89 Å². The minimum absolute atomic E-state index is 0.0816. The number of anilines is 1. The summed E-state index contributed by atoms with van der Waals surface area (Å²) in [6.07, 6.45) is -2.45. The highest BCUT2D eigenvalue weighted by molar-refractivity contribution is 5.62. The molecule has 134 valence electrons. The average Bonchev–Trinajstić information content (AvgIpc) is 3.22. The third-order valence-corrected chi connectivity index (χ3v) is 4.30. The highest BCUT2D eigenvalue weighted by Crippen LogP contribution is 2.55. The summed E-state index contributed by atoms with van der Waals surface area (Å²) in [5, 5.41) is 6.47. The molecule has 1 aliphatic rings. The molecule has 0 amide bonds. The molecule has 1 fully saturated rings. The van der Waals surface area contributed by atoms with E-state index in [0.29, 0.717) is 18.4 Å². The van der Waals surface area contributed by atoms with Gasteiger partial charge in [0, 0.05) is 11.6 Å². The van der Waals surface area contributed by atoms with Crippen molar-refractivity contribution in [2.24, 2.45) is 0 Å². The fourth-order valence-electron chi connectivity index (χ4n) is 2.97. The van der Waals surface area contributed by atoms with Crippen LogP contribution >= 0.6 is 0 Å².